The van der Waals surface area contributed by atoms with Gasteiger partial charge in [-0.2, -0.15) is 11.8 Å². The van der Waals surface area contributed by atoms with Crippen LogP contribution in [0.5, 0.6) is 0 Å². The van der Waals surface area contributed by atoms with Crippen LogP contribution in [0.2, 0.25) is 0 Å². The smallest absolute Gasteiger partial charge is 0.191 e. The number of hydrogen-bond donors (Lipinski definition) is 2. The first kappa shape index (κ1) is 20.8. The van der Waals surface area contributed by atoms with E-state index in [1.807, 2.05) is 37.2 Å². The molecule has 0 amide bonds. The predicted octanol–water partition coefficient (Wildman–Crippen LogP) is 1.73. The number of nitrogens with one attached hydrogen (secondary N) is 2. The zero-order valence-corrected chi connectivity index (χ0v) is 16.3. The summed E-state index contributed by atoms with van der Waals surface area (Å²) >= 11 is 1.89. The third-order valence-electron chi connectivity index (χ3n) is 3.59. The molecule has 0 aliphatic heterocycles. The van der Waals surface area contributed by atoms with Crippen LogP contribution < -0.4 is 10.6 Å². The normalized spacial score (nSPS) is 11.8. The summed E-state index contributed by atoms with van der Waals surface area (Å²) in [5.74, 6) is 3.80. The lowest BCUT2D eigenvalue weighted by atomic mass is 10.3. The van der Waals surface area contributed by atoms with Crippen molar-refractivity contribution in [3.05, 3.63) is 11.6 Å². The number of unbranched alkanes of at least 4 members (excludes halogenated alkanes) is 1. The summed E-state index contributed by atoms with van der Waals surface area (Å²) in [5, 5.41) is 15.0. The monoisotopic (exact) mass is 356 g/mol. The highest BCUT2D eigenvalue weighted by molar-refractivity contribution is 7.98. The maximum absolute atomic E-state index is 5.36. The maximum atomic E-state index is 5.36. The van der Waals surface area contributed by atoms with Gasteiger partial charge in [0.15, 0.2) is 11.8 Å². The molecule has 0 aliphatic carbocycles. The van der Waals surface area contributed by atoms with E-state index in [4.69, 9.17) is 4.74 Å². The van der Waals surface area contributed by atoms with Crippen molar-refractivity contribution >= 4 is 17.7 Å². The Labute approximate surface area is 150 Å². The van der Waals surface area contributed by atoms with E-state index in [0.29, 0.717) is 6.54 Å². The second kappa shape index (κ2) is 13.1. The van der Waals surface area contributed by atoms with Crippen LogP contribution >= 0.6 is 11.8 Å². The Morgan fingerprint density at radius 2 is 1.96 bits per heavy atom. The lowest BCUT2D eigenvalue weighted by Crippen LogP contribution is -2.38. The molecule has 0 saturated heterocycles. The van der Waals surface area contributed by atoms with E-state index >= 15 is 0 Å². The predicted molar refractivity (Wildman–Crippen MR) is 102 cm³/mol. The average molecular weight is 357 g/mol. The third-order valence-corrected chi connectivity index (χ3v) is 4.29. The van der Waals surface area contributed by atoms with E-state index in [2.05, 4.69) is 32.1 Å². The molecule has 24 heavy (non-hydrogen) atoms. The SMILES string of the molecule is CCOCCCNC(=NCc1nnc(C)n1C)NCCCCSC. The van der Waals surface area contributed by atoms with Crippen LogP contribution in [0.25, 0.3) is 0 Å². The van der Waals surface area contributed by atoms with E-state index < -0.39 is 0 Å². The van der Waals surface area contributed by atoms with Gasteiger partial charge in [-0.05, 0) is 45.1 Å². The van der Waals surface area contributed by atoms with E-state index in [0.717, 1.165) is 56.8 Å². The van der Waals surface area contributed by atoms with Crippen molar-refractivity contribution in [2.24, 2.45) is 12.0 Å². The molecular formula is C16H32N6OS. The van der Waals surface area contributed by atoms with Gasteiger partial charge in [0.05, 0.1) is 0 Å². The minimum absolute atomic E-state index is 0.517. The number of nitrogens with zero attached hydrogens (tertiary/aromatic N) is 4. The quantitative estimate of drug-likeness (QED) is 0.337. The second-order valence-electron chi connectivity index (χ2n) is 5.49. The van der Waals surface area contributed by atoms with Gasteiger partial charge in [0.2, 0.25) is 0 Å². The van der Waals surface area contributed by atoms with Crippen LogP contribution in [0.4, 0.5) is 0 Å². The Morgan fingerprint density at radius 3 is 2.58 bits per heavy atom. The molecule has 138 valence electrons. The average Bonchev–Trinajstić information content (AvgIpc) is 2.90. The minimum atomic E-state index is 0.517. The summed E-state index contributed by atoms with van der Waals surface area (Å²) in [6, 6.07) is 0. The molecule has 0 unspecified atom stereocenters. The number of ether oxygens (including phenoxy) is 1. The Morgan fingerprint density at radius 1 is 1.21 bits per heavy atom. The fourth-order valence-corrected chi connectivity index (χ4v) is 2.51. The molecule has 0 atom stereocenters. The molecule has 1 aromatic rings. The number of hydrogen-bond acceptors (Lipinski definition) is 5. The van der Waals surface area contributed by atoms with Crippen molar-refractivity contribution in [2.45, 2.75) is 39.7 Å². The van der Waals surface area contributed by atoms with Gasteiger partial charge in [0.1, 0.15) is 12.4 Å². The number of guanidine groups is 1. The molecule has 1 rings (SSSR count). The fourth-order valence-electron chi connectivity index (χ4n) is 2.02. The Bertz CT molecular complexity index is 461. The van der Waals surface area contributed by atoms with E-state index in [-0.39, 0.29) is 0 Å². The van der Waals surface area contributed by atoms with Crippen LogP contribution in [0.1, 0.15) is 37.8 Å². The van der Waals surface area contributed by atoms with Gasteiger partial charge in [-0.15, -0.1) is 10.2 Å². The number of rotatable bonds is 12. The van der Waals surface area contributed by atoms with Gasteiger partial charge < -0.3 is 19.9 Å². The maximum Gasteiger partial charge on any atom is 0.191 e. The third kappa shape index (κ3) is 8.54. The molecular weight excluding hydrogens is 324 g/mol. The van der Waals surface area contributed by atoms with Crippen molar-refractivity contribution in [1.82, 2.24) is 25.4 Å². The molecule has 1 heterocycles. The van der Waals surface area contributed by atoms with Gasteiger partial charge in [-0.25, -0.2) is 4.99 Å². The Balaban J connectivity index is 2.45. The van der Waals surface area contributed by atoms with Gasteiger partial charge in [-0.3, -0.25) is 0 Å². The lowest BCUT2D eigenvalue weighted by molar-refractivity contribution is 0.145. The molecule has 2 N–H and O–H groups in total. The van der Waals surface area contributed by atoms with Gasteiger partial charge in [0.25, 0.3) is 0 Å². The highest BCUT2D eigenvalue weighted by atomic mass is 32.2. The topological polar surface area (TPSA) is 76.4 Å². The summed E-state index contributed by atoms with van der Waals surface area (Å²) in [7, 11) is 1.96. The zero-order chi connectivity index (χ0) is 17.6. The lowest BCUT2D eigenvalue weighted by Gasteiger charge is -2.12. The van der Waals surface area contributed by atoms with Crippen LogP contribution in [0.3, 0.4) is 0 Å². The first-order valence-corrected chi connectivity index (χ1v) is 10.0. The van der Waals surface area contributed by atoms with Crippen LogP contribution in [-0.2, 0) is 18.3 Å². The number of aromatic nitrogens is 3. The molecule has 0 radical (unpaired) electrons. The fraction of sp³-hybridized carbons (Fsp3) is 0.812. The number of aryl methyl sites for hydroxylation is 1. The van der Waals surface area contributed by atoms with Gasteiger partial charge >= 0.3 is 0 Å². The highest BCUT2D eigenvalue weighted by Crippen LogP contribution is 2.00. The standard InChI is InChI=1S/C16H32N6OS/c1-5-23-11-8-10-18-16(17-9-6-7-12-24-4)19-13-15-21-20-14(2)22(15)3/h5-13H2,1-4H3,(H2,17,18,19). The summed E-state index contributed by atoms with van der Waals surface area (Å²) in [6.07, 6.45) is 5.46. The Kier molecular flexibility index (Phi) is 11.3. The van der Waals surface area contributed by atoms with Crippen molar-refractivity contribution in [3.63, 3.8) is 0 Å². The number of aliphatic imine (C=N–C) groups is 1. The molecule has 0 saturated carbocycles. The Hall–Kier alpha value is -1.28. The van der Waals surface area contributed by atoms with Gasteiger partial charge in [-0.1, -0.05) is 0 Å². The van der Waals surface area contributed by atoms with Crippen LogP contribution in [0.15, 0.2) is 4.99 Å². The molecule has 0 spiro atoms. The highest BCUT2D eigenvalue weighted by Gasteiger charge is 2.05. The van der Waals surface area contributed by atoms with Crippen LogP contribution in [-0.4, -0.2) is 59.0 Å². The van der Waals surface area contributed by atoms with Crippen LogP contribution in [0, 0.1) is 6.92 Å². The summed E-state index contributed by atoms with van der Waals surface area (Å²) < 4.78 is 7.33. The van der Waals surface area contributed by atoms with Crippen molar-refractivity contribution < 1.29 is 4.74 Å². The van der Waals surface area contributed by atoms with E-state index in [1.54, 1.807) is 0 Å². The number of thioether (sulfide) groups is 1. The molecule has 0 fully saturated rings. The first-order chi connectivity index (χ1) is 11.7. The first-order valence-electron chi connectivity index (χ1n) is 8.62. The largest absolute Gasteiger partial charge is 0.382 e. The molecule has 7 nitrogen and oxygen atoms in total. The summed E-state index contributed by atoms with van der Waals surface area (Å²) in [4.78, 5) is 4.63. The molecule has 8 heteroatoms. The summed E-state index contributed by atoms with van der Waals surface area (Å²) in [5.41, 5.74) is 0. The zero-order valence-electron chi connectivity index (χ0n) is 15.5. The van der Waals surface area contributed by atoms with Gasteiger partial charge in [0, 0.05) is 33.4 Å². The molecule has 0 bridgehead atoms. The molecule has 0 aliphatic rings. The van der Waals surface area contributed by atoms with Crippen molar-refractivity contribution in [1.29, 1.82) is 0 Å². The van der Waals surface area contributed by atoms with Crippen molar-refractivity contribution in [3.8, 4) is 0 Å². The minimum Gasteiger partial charge on any atom is -0.382 e. The molecule has 1 aromatic heterocycles. The molecule has 0 aromatic carbocycles. The van der Waals surface area contributed by atoms with E-state index in [9.17, 15) is 0 Å². The second-order valence-corrected chi connectivity index (χ2v) is 6.48. The summed E-state index contributed by atoms with van der Waals surface area (Å²) in [6.45, 7) is 7.77. The van der Waals surface area contributed by atoms with Crippen molar-refractivity contribution in [2.75, 3.05) is 38.3 Å². The van der Waals surface area contributed by atoms with E-state index in [1.165, 1.54) is 12.2 Å².